The second-order valence-electron chi connectivity index (χ2n) is 3.14. The molecular formula is C10H15NO. The summed E-state index contributed by atoms with van der Waals surface area (Å²) < 4.78 is 0. The Morgan fingerprint density at radius 2 is 2.50 bits per heavy atom. The van der Waals surface area contributed by atoms with Gasteiger partial charge in [-0.1, -0.05) is 12.8 Å². The van der Waals surface area contributed by atoms with Gasteiger partial charge in [0.15, 0.2) is 6.29 Å². The van der Waals surface area contributed by atoms with Crippen molar-refractivity contribution in [3.8, 4) is 11.8 Å². The summed E-state index contributed by atoms with van der Waals surface area (Å²) in [6.45, 7) is 5.49. The number of aldehydes is 1. The highest BCUT2D eigenvalue weighted by atomic mass is 16.1. The lowest BCUT2D eigenvalue weighted by Gasteiger charge is -2.28. The van der Waals surface area contributed by atoms with Crippen LogP contribution in [-0.2, 0) is 4.79 Å². The van der Waals surface area contributed by atoms with Gasteiger partial charge in [0.2, 0.25) is 0 Å². The fourth-order valence-electron chi connectivity index (χ4n) is 1.61. The minimum Gasteiger partial charge on any atom is -0.302 e. The van der Waals surface area contributed by atoms with Crippen molar-refractivity contribution in [2.45, 2.75) is 19.8 Å². The number of likely N-dealkylation sites (tertiary alicyclic amines) is 1. The molecule has 1 aliphatic rings. The maximum atomic E-state index is 10.0. The maximum absolute atomic E-state index is 10.0. The van der Waals surface area contributed by atoms with E-state index in [4.69, 9.17) is 0 Å². The second kappa shape index (κ2) is 4.95. The SMILES string of the molecule is CCN1CCCC(C#CC=O)C1. The van der Waals surface area contributed by atoms with Crippen molar-refractivity contribution >= 4 is 6.29 Å². The topological polar surface area (TPSA) is 20.3 Å². The first-order chi connectivity index (χ1) is 5.86. The molecule has 0 bridgehead atoms. The maximum Gasteiger partial charge on any atom is 0.192 e. The van der Waals surface area contributed by atoms with Gasteiger partial charge in [0, 0.05) is 12.5 Å². The van der Waals surface area contributed by atoms with Crippen molar-refractivity contribution in [2.75, 3.05) is 19.6 Å². The van der Waals surface area contributed by atoms with Crippen LogP contribution in [0.2, 0.25) is 0 Å². The summed E-state index contributed by atoms with van der Waals surface area (Å²) in [5.41, 5.74) is 0. The van der Waals surface area contributed by atoms with Gasteiger partial charge in [-0.3, -0.25) is 4.79 Å². The summed E-state index contributed by atoms with van der Waals surface area (Å²) in [5.74, 6) is 5.90. The molecule has 1 unspecified atom stereocenters. The van der Waals surface area contributed by atoms with E-state index in [1.807, 2.05) is 0 Å². The normalized spacial score (nSPS) is 24.2. The van der Waals surface area contributed by atoms with Crippen LogP contribution in [0.15, 0.2) is 0 Å². The number of hydrogen-bond donors (Lipinski definition) is 0. The molecule has 0 spiro atoms. The molecule has 1 heterocycles. The molecule has 2 nitrogen and oxygen atoms in total. The lowest BCUT2D eigenvalue weighted by Crippen LogP contribution is -2.34. The van der Waals surface area contributed by atoms with Crippen molar-refractivity contribution < 1.29 is 4.79 Å². The zero-order chi connectivity index (χ0) is 8.81. The Balaban J connectivity index is 2.40. The van der Waals surface area contributed by atoms with E-state index in [-0.39, 0.29) is 0 Å². The minimum atomic E-state index is 0.420. The van der Waals surface area contributed by atoms with E-state index in [2.05, 4.69) is 23.7 Å². The number of rotatable bonds is 1. The van der Waals surface area contributed by atoms with Gasteiger partial charge in [0.1, 0.15) is 0 Å². The van der Waals surface area contributed by atoms with Crippen LogP contribution in [0.25, 0.3) is 0 Å². The molecule has 0 saturated carbocycles. The smallest absolute Gasteiger partial charge is 0.192 e. The standard InChI is InChI=1S/C10H15NO/c1-2-11-7-3-5-10(9-11)6-4-8-12/h8,10H,2-3,5,7,9H2,1H3. The predicted octanol–water partition coefficient (Wildman–Crippen LogP) is 0.921. The number of hydrogen-bond acceptors (Lipinski definition) is 2. The zero-order valence-electron chi connectivity index (χ0n) is 7.55. The molecule has 1 fully saturated rings. The lowest BCUT2D eigenvalue weighted by atomic mass is 9.99. The monoisotopic (exact) mass is 165 g/mol. The van der Waals surface area contributed by atoms with Gasteiger partial charge < -0.3 is 4.90 Å². The quantitative estimate of drug-likeness (QED) is 0.425. The van der Waals surface area contributed by atoms with Gasteiger partial charge >= 0.3 is 0 Å². The Morgan fingerprint density at radius 3 is 3.17 bits per heavy atom. The highest BCUT2D eigenvalue weighted by molar-refractivity contribution is 5.72. The van der Waals surface area contributed by atoms with Crippen LogP contribution in [0.1, 0.15) is 19.8 Å². The number of nitrogens with zero attached hydrogens (tertiary/aromatic N) is 1. The van der Waals surface area contributed by atoms with Gasteiger partial charge in [0.25, 0.3) is 0 Å². The van der Waals surface area contributed by atoms with Crippen LogP contribution in [0, 0.1) is 17.8 Å². The molecule has 12 heavy (non-hydrogen) atoms. The number of piperidine rings is 1. The summed E-state index contributed by atoms with van der Waals surface area (Å²) in [6.07, 6.45) is 3.05. The van der Waals surface area contributed by atoms with Gasteiger partial charge in [-0.15, -0.1) is 0 Å². The van der Waals surface area contributed by atoms with Gasteiger partial charge in [-0.05, 0) is 31.9 Å². The Bertz CT molecular complexity index is 202. The summed E-state index contributed by atoms with van der Waals surface area (Å²) in [4.78, 5) is 12.4. The molecule has 2 heteroatoms. The molecule has 0 N–H and O–H groups in total. The molecule has 1 atom stereocenters. The van der Waals surface area contributed by atoms with Gasteiger partial charge in [0.05, 0.1) is 0 Å². The van der Waals surface area contributed by atoms with Crippen LogP contribution in [0.5, 0.6) is 0 Å². The number of carbonyl (C=O) groups excluding carboxylic acids is 1. The van der Waals surface area contributed by atoms with E-state index in [1.165, 1.54) is 13.0 Å². The van der Waals surface area contributed by atoms with Crippen molar-refractivity contribution in [1.29, 1.82) is 0 Å². The first kappa shape index (κ1) is 9.28. The average Bonchev–Trinajstić information content (AvgIpc) is 2.15. The molecule has 66 valence electrons. The molecule has 1 rings (SSSR count). The molecule has 0 aromatic carbocycles. The van der Waals surface area contributed by atoms with Crippen molar-refractivity contribution in [2.24, 2.45) is 5.92 Å². The van der Waals surface area contributed by atoms with Crippen LogP contribution < -0.4 is 0 Å². The highest BCUT2D eigenvalue weighted by Crippen LogP contribution is 2.14. The van der Waals surface area contributed by atoms with E-state index < -0.39 is 0 Å². The van der Waals surface area contributed by atoms with Gasteiger partial charge in [-0.2, -0.15) is 0 Å². The first-order valence-corrected chi connectivity index (χ1v) is 4.54. The summed E-state index contributed by atoms with van der Waals surface area (Å²) in [5, 5.41) is 0. The van der Waals surface area contributed by atoms with Crippen molar-refractivity contribution in [3.05, 3.63) is 0 Å². The molecule has 0 radical (unpaired) electrons. The third kappa shape index (κ3) is 2.67. The Labute approximate surface area is 73.9 Å². The van der Waals surface area contributed by atoms with Crippen molar-refractivity contribution in [3.63, 3.8) is 0 Å². The third-order valence-electron chi connectivity index (χ3n) is 2.30. The molecule has 0 aliphatic carbocycles. The molecule has 1 aliphatic heterocycles. The van der Waals surface area contributed by atoms with Gasteiger partial charge in [-0.25, -0.2) is 0 Å². The van der Waals surface area contributed by atoms with Crippen LogP contribution in [0.3, 0.4) is 0 Å². The van der Waals surface area contributed by atoms with E-state index in [0.717, 1.165) is 19.5 Å². The molecule has 0 aromatic heterocycles. The summed E-state index contributed by atoms with van der Waals surface area (Å²) in [7, 11) is 0. The van der Waals surface area contributed by atoms with E-state index in [1.54, 1.807) is 0 Å². The van der Waals surface area contributed by atoms with E-state index in [0.29, 0.717) is 12.2 Å². The first-order valence-electron chi connectivity index (χ1n) is 4.54. The van der Waals surface area contributed by atoms with Crippen LogP contribution >= 0.6 is 0 Å². The fourth-order valence-corrected chi connectivity index (χ4v) is 1.61. The third-order valence-corrected chi connectivity index (χ3v) is 2.30. The molecule has 0 aromatic rings. The predicted molar refractivity (Wildman–Crippen MR) is 48.7 cm³/mol. The second-order valence-corrected chi connectivity index (χ2v) is 3.14. The minimum absolute atomic E-state index is 0.420. The summed E-state index contributed by atoms with van der Waals surface area (Å²) in [6, 6.07) is 0. The van der Waals surface area contributed by atoms with E-state index in [9.17, 15) is 4.79 Å². The fraction of sp³-hybridized carbons (Fsp3) is 0.700. The molecular weight excluding hydrogens is 150 g/mol. The zero-order valence-corrected chi connectivity index (χ0v) is 7.55. The number of carbonyl (C=O) groups is 1. The molecule has 1 saturated heterocycles. The Morgan fingerprint density at radius 1 is 1.67 bits per heavy atom. The average molecular weight is 165 g/mol. The summed E-state index contributed by atoms with van der Waals surface area (Å²) >= 11 is 0. The lowest BCUT2D eigenvalue weighted by molar-refractivity contribution is -0.103. The largest absolute Gasteiger partial charge is 0.302 e. The highest BCUT2D eigenvalue weighted by Gasteiger charge is 2.15. The van der Waals surface area contributed by atoms with Crippen molar-refractivity contribution in [1.82, 2.24) is 4.90 Å². The Kier molecular flexibility index (Phi) is 3.83. The molecule has 0 amide bonds. The van der Waals surface area contributed by atoms with Crippen LogP contribution in [0.4, 0.5) is 0 Å². The Hall–Kier alpha value is -0.810. The van der Waals surface area contributed by atoms with Crippen LogP contribution in [-0.4, -0.2) is 30.8 Å². The van der Waals surface area contributed by atoms with E-state index >= 15 is 0 Å².